The van der Waals surface area contributed by atoms with Crippen LogP contribution in [0.25, 0.3) is 0 Å². The van der Waals surface area contributed by atoms with Crippen molar-refractivity contribution in [3.8, 4) is 0 Å². The Kier molecular flexibility index (Phi) is 5.90. The van der Waals surface area contributed by atoms with Crippen LogP contribution in [-0.2, 0) is 10.2 Å². The number of primary amides is 1. The molecule has 0 aliphatic rings. The van der Waals surface area contributed by atoms with E-state index in [-0.39, 0.29) is 11.3 Å². The van der Waals surface area contributed by atoms with Crippen LogP contribution in [0, 0.1) is 6.92 Å². The van der Waals surface area contributed by atoms with Gasteiger partial charge in [-0.05, 0) is 53.8 Å². The van der Waals surface area contributed by atoms with E-state index in [1.165, 1.54) is 17.3 Å². The quantitative estimate of drug-likeness (QED) is 0.792. The minimum absolute atomic E-state index is 0.0869. The number of nitrogens with one attached hydrogen (secondary N) is 1. The van der Waals surface area contributed by atoms with Gasteiger partial charge in [-0.3, -0.25) is 9.59 Å². The predicted octanol–water partition coefficient (Wildman–Crippen LogP) is 4.12. The van der Waals surface area contributed by atoms with Crippen LogP contribution < -0.4 is 11.1 Å². The summed E-state index contributed by atoms with van der Waals surface area (Å²) in [6.07, 6.45) is 0. The summed E-state index contributed by atoms with van der Waals surface area (Å²) in [5.74, 6) is -0.230. The Hall–Kier alpha value is -2.27. The van der Waals surface area contributed by atoms with Gasteiger partial charge in [-0.1, -0.05) is 32.9 Å². The number of amides is 2. The normalized spacial score (nSPS) is 11.2. The molecule has 25 heavy (non-hydrogen) atoms. The summed E-state index contributed by atoms with van der Waals surface area (Å²) in [7, 11) is 0. The molecule has 0 bridgehead atoms. The summed E-state index contributed by atoms with van der Waals surface area (Å²) in [5, 5.41) is 2.84. The minimum atomic E-state index is -0.468. The molecule has 0 aliphatic heterocycles. The molecule has 0 unspecified atom stereocenters. The summed E-state index contributed by atoms with van der Waals surface area (Å²) >= 11 is 1.49. The van der Waals surface area contributed by atoms with Crippen LogP contribution in [0.3, 0.4) is 0 Å². The molecule has 2 aromatic rings. The Morgan fingerprint density at radius 2 is 1.72 bits per heavy atom. The Morgan fingerprint density at radius 1 is 1.08 bits per heavy atom. The molecule has 0 saturated carbocycles. The topological polar surface area (TPSA) is 72.2 Å². The van der Waals surface area contributed by atoms with Gasteiger partial charge in [-0.15, -0.1) is 11.8 Å². The van der Waals surface area contributed by atoms with E-state index in [0.717, 1.165) is 10.5 Å². The van der Waals surface area contributed by atoms with Crippen molar-refractivity contribution in [2.75, 3.05) is 11.1 Å². The molecule has 0 atom stereocenters. The first-order valence-electron chi connectivity index (χ1n) is 8.10. The lowest BCUT2D eigenvalue weighted by Gasteiger charge is -2.19. The second-order valence-electron chi connectivity index (χ2n) is 7.01. The zero-order valence-electron chi connectivity index (χ0n) is 15.1. The number of thioether (sulfide) groups is 1. The third kappa shape index (κ3) is 5.36. The number of anilines is 1. The molecule has 4 nitrogen and oxygen atoms in total. The van der Waals surface area contributed by atoms with E-state index < -0.39 is 5.91 Å². The lowest BCUT2D eigenvalue weighted by Crippen LogP contribution is -2.16. The van der Waals surface area contributed by atoms with E-state index >= 15 is 0 Å². The SMILES string of the molecule is Cc1cc(NC(=O)CSc2ccc(C(C)(C)C)cc2)ccc1C(N)=O. The van der Waals surface area contributed by atoms with Crippen molar-refractivity contribution in [1.82, 2.24) is 0 Å². The third-order valence-corrected chi connectivity index (χ3v) is 4.88. The summed E-state index contributed by atoms with van der Waals surface area (Å²) in [5.41, 5.74) is 8.55. The van der Waals surface area contributed by atoms with Crippen molar-refractivity contribution in [2.24, 2.45) is 5.73 Å². The molecule has 2 rings (SSSR count). The molecule has 0 saturated heterocycles. The lowest BCUT2D eigenvalue weighted by molar-refractivity contribution is -0.113. The monoisotopic (exact) mass is 356 g/mol. The average molecular weight is 356 g/mol. The highest BCUT2D eigenvalue weighted by molar-refractivity contribution is 8.00. The van der Waals surface area contributed by atoms with Gasteiger partial charge in [0.05, 0.1) is 5.75 Å². The number of rotatable bonds is 5. The zero-order valence-corrected chi connectivity index (χ0v) is 15.9. The van der Waals surface area contributed by atoms with Gasteiger partial charge in [0.15, 0.2) is 0 Å². The van der Waals surface area contributed by atoms with Crippen LogP contribution in [0.2, 0.25) is 0 Å². The second kappa shape index (κ2) is 7.74. The number of hydrogen-bond acceptors (Lipinski definition) is 3. The predicted molar refractivity (Wildman–Crippen MR) is 104 cm³/mol. The van der Waals surface area contributed by atoms with Crippen LogP contribution in [0.1, 0.15) is 42.3 Å². The molecule has 0 radical (unpaired) electrons. The third-order valence-electron chi connectivity index (χ3n) is 3.87. The van der Waals surface area contributed by atoms with Crippen molar-refractivity contribution >= 4 is 29.3 Å². The van der Waals surface area contributed by atoms with Crippen LogP contribution in [-0.4, -0.2) is 17.6 Å². The minimum Gasteiger partial charge on any atom is -0.366 e. The first kappa shape index (κ1) is 19.1. The number of carbonyl (C=O) groups is 2. The Labute approximate surface area is 153 Å². The smallest absolute Gasteiger partial charge is 0.248 e. The fraction of sp³-hybridized carbons (Fsp3) is 0.300. The molecular formula is C20H24N2O2S. The van der Waals surface area contributed by atoms with E-state index in [1.54, 1.807) is 25.1 Å². The first-order chi connectivity index (χ1) is 11.7. The number of aryl methyl sites for hydroxylation is 1. The molecule has 0 heterocycles. The van der Waals surface area contributed by atoms with E-state index in [2.05, 4.69) is 38.2 Å². The van der Waals surface area contributed by atoms with Gasteiger partial charge in [0.2, 0.25) is 11.8 Å². The lowest BCUT2D eigenvalue weighted by atomic mass is 9.87. The standard InChI is InChI=1S/C20H24N2O2S/c1-13-11-15(7-10-17(13)19(21)24)22-18(23)12-25-16-8-5-14(6-9-16)20(2,3)4/h5-11H,12H2,1-4H3,(H2,21,24)(H,22,23). The fourth-order valence-corrected chi connectivity index (χ4v) is 3.11. The Morgan fingerprint density at radius 3 is 2.24 bits per heavy atom. The van der Waals surface area contributed by atoms with Crippen molar-refractivity contribution in [2.45, 2.75) is 38.0 Å². The average Bonchev–Trinajstić information content (AvgIpc) is 2.52. The van der Waals surface area contributed by atoms with Gasteiger partial charge in [-0.25, -0.2) is 0 Å². The van der Waals surface area contributed by atoms with Gasteiger partial charge in [0, 0.05) is 16.1 Å². The number of nitrogens with two attached hydrogens (primary N) is 1. The molecule has 0 fully saturated rings. The fourth-order valence-electron chi connectivity index (χ4n) is 2.42. The van der Waals surface area contributed by atoms with Gasteiger partial charge in [0.1, 0.15) is 0 Å². The summed E-state index contributed by atoms with van der Waals surface area (Å²) in [6.45, 7) is 8.32. The maximum absolute atomic E-state index is 12.1. The van der Waals surface area contributed by atoms with Gasteiger partial charge in [-0.2, -0.15) is 0 Å². The summed E-state index contributed by atoms with van der Waals surface area (Å²) in [4.78, 5) is 24.4. The zero-order chi connectivity index (χ0) is 18.6. The first-order valence-corrected chi connectivity index (χ1v) is 9.09. The summed E-state index contributed by atoms with van der Waals surface area (Å²) in [6, 6.07) is 13.4. The van der Waals surface area contributed by atoms with E-state index in [4.69, 9.17) is 5.73 Å². The highest BCUT2D eigenvalue weighted by Crippen LogP contribution is 2.25. The van der Waals surface area contributed by atoms with E-state index in [0.29, 0.717) is 17.0 Å². The van der Waals surface area contributed by atoms with E-state index in [1.807, 2.05) is 12.1 Å². The number of benzene rings is 2. The molecular weight excluding hydrogens is 332 g/mol. The number of hydrogen-bond donors (Lipinski definition) is 2. The highest BCUT2D eigenvalue weighted by atomic mass is 32.2. The van der Waals surface area contributed by atoms with E-state index in [9.17, 15) is 9.59 Å². The number of carbonyl (C=O) groups excluding carboxylic acids is 2. The van der Waals surface area contributed by atoms with Gasteiger partial charge in [0.25, 0.3) is 0 Å². The van der Waals surface area contributed by atoms with Crippen LogP contribution in [0.5, 0.6) is 0 Å². The maximum Gasteiger partial charge on any atom is 0.248 e. The molecule has 3 N–H and O–H groups in total. The van der Waals surface area contributed by atoms with Crippen molar-refractivity contribution < 1.29 is 9.59 Å². The molecule has 0 aliphatic carbocycles. The van der Waals surface area contributed by atoms with Crippen LogP contribution >= 0.6 is 11.8 Å². The molecule has 5 heteroatoms. The van der Waals surface area contributed by atoms with Gasteiger partial charge < -0.3 is 11.1 Å². The Bertz CT molecular complexity index is 777. The Balaban J connectivity index is 1.92. The van der Waals surface area contributed by atoms with Crippen molar-refractivity contribution in [3.05, 3.63) is 59.2 Å². The maximum atomic E-state index is 12.1. The molecule has 0 aromatic heterocycles. The molecule has 132 valence electrons. The summed E-state index contributed by atoms with van der Waals surface area (Å²) < 4.78 is 0. The largest absolute Gasteiger partial charge is 0.366 e. The molecule has 0 spiro atoms. The van der Waals surface area contributed by atoms with Crippen molar-refractivity contribution in [1.29, 1.82) is 0 Å². The molecule has 2 aromatic carbocycles. The highest BCUT2D eigenvalue weighted by Gasteiger charge is 2.13. The van der Waals surface area contributed by atoms with Crippen molar-refractivity contribution in [3.63, 3.8) is 0 Å². The second-order valence-corrected chi connectivity index (χ2v) is 8.05. The van der Waals surface area contributed by atoms with Crippen LogP contribution in [0.15, 0.2) is 47.4 Å². The van der Waals surface area contributed by atoms with Gasteiger partial charge >= 0.3 is 0 Å². The molecule has 2 amide bonds. The van der Waals surface area contributed by atoms with Crippen LogP contribution in [0.4, 0.5) is 5.69 Å².